The zero-order valence-corrected chi connectivity index (χ0v) is 20.4. The lowest BCUT2D eigenvalue weighted by atomic mass is 9.97. The van der Waals surface area contributed by atoms with Crippen molar-refractivity contribution >= 4 is 53.7 Å². The number of aryl methyl sites for hydroxylation is 3. The maximum absolute atomic E-state index is 3.73. The van der Waals surface area contributed by atoms with Crippen LogP contribution in [-0.4, -0.2) is 4.57 Å². The molecule has 2 aromatic carbocycles. The topological polar surface area (TPSA) is 4.93 Å². The summed E-state index contributed by atoms with van der Waals surface area (Å²) in [7, 11) is 0. The van der Waals surface area contributed by atoms with Gasteiger partial charge in [-0.1, -0.05) is 71.9 Å². The smallest absolute Gasteiger partial charge is 0.0494 e. The third-order valence-electron chi connectivity index (χ3n) is 5.75. The number of aromatic nitrogens is 1. The summed E-state index contributed by atoms with van der Waals surface area (Å²) in [5, 5.41) is 2.69. The van der Waals surface area contributed by atoms with Crippen LogP contribution in [0.2, 0.25) is 0 Å². The molecule has 3 aromatic rings. The Morgan fingerprint density at radius 1 is 0.778 bits per heavy atom. The molecule has 27 heavy (non-hydrogen) atoms. The summed E-state index contributed by atoms with van der Waals surface area (Å²) in [5.41, 5.74) is 5.31. The van der Waals surface area contributed by atoms with E-state index in [4.69, 9.17) is 0 Å². The number of nitrogens with zero attached hydrogens (tertiary/aromatic N) is 1. The van der Waals surface area contributed by atoms with Gasteiger partial charge in [-0.2, -0.15) is 0 Å². The molecule has 1 nitrogen and oxygen atoms in total. The van der Waals surface area contributed by atoms with Crippen LogP contribution >= 0.6 is 31.9 Å². The van der Waals surface area contributed by atoms with Gasteiger partial charge in [0.2, 0.25) is 0 Å². The molecule has 1 aromatic heterocycles. The minimum atomic E-state index is 0.768. The van der Waals surface area contributed by atoms with Crippen LogP contribution in [0.4, 0.5) is 0 Å². The van der Waals surface area contributed by atoms with Crippen molar-refractivity contribution in [2.75, 3.05) is 0 Å². The van der Waals surface area contributed by atoms with Gasteiger partial charge >= 0.3 is 0 Å². The first-order chi connectivity index (χ1) is 12.8. The highest BCUT2D eigenvalue weighted by molar-refractivity contribution is 9.10. The molecule has 146 valence electrons. The number of benzene rings is 2. The first-order valence-electron chi connectivity index (χ1n) is 10.2. The van der Waals surface area contributed by atoms with E-state index in [1.807, 2.05) is 0 Å². The molecule has 0 spiro atoms. The van der Waals surface area contributed by atoms with E-state index in [0.717, 1.165) is 18.4 Å². The molecule has 0 aliphatic carbocycles. The average Bonchev–Trinajstić information content (AvgIpc) is 2.86. The summed E-state index contributed by atoms with van der Waals surface area (Å²) < 4.78 is 4.92. The van der Waals surface area contributed by atoms with E-state index >= 15 is 0 Å². The lowest BCUT2D eigenvalue weighted by molar-refractivity contribution is 0.419. The fourth-order valence-corrected chi connectivity index (χ4v) is 4.64. The van der Waals surface area contributed by atoms with E-state index in [2.05, 4.69) is 95.3 Å². The Bertz CT molecular complexity index is 887. The lowest BCUT2D eigenvalue weighted by Crippen LogP contribution is -2.04. The quantitative estimate of drug-likeness (QED) is 0.310. The van der Waals surface area contributed by atoms with Crippen LogP contribution in [0.3, 0.4) is 0 Å². The Labute approximate surface area is 180 Å². The van der Waals surface area contributed by atoms with Crippen LogP contribution in [-0.2, 0) is 6.54 Å². The van der Waals surface area contributed by atoms with Crippen molar-refractivity contribution in [1.29, 1.82) is 0 Å². The van der Waals surface area contributed by atoms with Crippen LogP contribution < -0.4 is 0 Å². The van der Waals surface area contributed by atoms with Gasteiger partial charge in [-0.25, -0.2) is 0 Å². The molecular formula is C24H31Br2N. The summed E-state index contributed by atoms with van der Waals surface area (Å²) in [5.74, 6) is 1.58. The lowest BCUT2D eigenvalue weighted by Gasteiger charge is -2.15. The second-order valence-corrected chi connectivity index (χ2v) is 10.3. The van der Waals surface area contributed by atoms with Crippen LogP contribution in [0.25, 0.3) is 21.8 Å². The number of rotatable bonds is 7. The largest absolute Gasteiger partial charge is 0.340 e. The molecule has 0 amide bonds. The number of hydrogen-bond donors (Lipinski definition) is 0. The second kappa shape index (κ2) is 8.69. The van der Waals surface area contributed by atoms with Crippen LogP contribution in [0, 0.1) is 25.7 Å². The Morgan fingerprint density at radius 3 is 1.78 bits per heavy atom. The third-order valence-corrected chi connectivity index (χ3v) is 7.46. The van der Waals surface area contributed by atoms with E-state index in [9.17, 15) is 0 Å². The van der Waals surface area contributed by atoms with Gasteiger partial charge in [0.25, 0.3) is 0 Å². The van der Waals surface area contributed by atoms with E-state index in [1.165, 1.54) is 67.6 Å². The Balaban J connectivity index is 1.95. The number of hydrogen-bond acceptors (Lipinski definition) is 0. The Hall–Kier alpha value is -0.800. The van der Waals surface area contributed by atoms with Crippen molar-refractivity contribution in [3.05, 3.63) is 44.3 Å². The number of halogens is 2. The molecule has 1 heterocycles. The van der Waals surface area contributed by atoms with Gasteiger partial charge in [0, 0.05) is 37.3 Å². The van der Waals surface area contributed by atoms with Crippen molar-refractivity contribution in [1.82, 2.24) is 4.57 Å². The van der Waals surface area contributed by atoms with Crippen molar-refractivity contribution in [3.63, 3.8) is 0 Å². The molecule has 0 aliphatic heterocycles. The molecule has 0 saturated carbocycles. The van der Waals surface area contributed by atoms with Gasteiger partial charge < -0.3 is 4.57 Å². The maximum atomic E-state index is 3.73. The van der Waals surface area contributed by atoms with E-state index in [-0.39, 0.29) is 0 Å². The van der Waals surface area contributed by atoms with Gasteiger partial charge in [-0.3, -0.25) is 0 Å². The molecule has 0 fully saturated rings. The van der Waals surface area contributed by atoms with E-state index < -0.39 is 0 Å². The molecule has 1 atom stereocenters. The highest BCUT2D eigenvalue weighted by Crippen LogP contribution is 2.36. The van der Waals surface area contributed by atoms with Crippen molar-refractivity contribution in [2.45, 2.75) is 66.8 Å². The average molecular weight is 493 g/mol. The number of fused-ring (bicyclic) bond motifs is 3. The second-order valence-electron chi connectivity index (χ2n) is 8.61. The zero-order chi connectivity index (χ0) is 19.7. The SMILES string of the molecule is Cc1cc2c(cc1Br)c1cc(Br)c(C)cc1n2CCC(C)CCCC(C)C. The predicted octanol–water partition coefficient (Wildman–Crippen LogP) is 8.79. The van der Waals surface area contributed by atoms with Crippen molar-refractivity contribution in [2.24, 2.45) is 11.8 Å². The first kappa shape index (κ1) is 20.9. The first-order valence-corrected chi connectivity index (χ1v) is 11.7. The fourth-order valence-electron chi connectivity index (χ4n) is 3.95. The third kappa shape index (κ3) is 4.62. The van der Waals surface area contributed by atoms with Gasteiger partial charge in [0.1, 0.15) is 0 Å². The maximum Gasteiger partial charge on any atom is 0.0494 e. The molecule has 0 N–H and O–H groups in total. The molecule has 1 unspecified atom stereocenters. The molecule has 0 radical (unpaired) electrons. The summed E-state index contributed by atoms with van der Waals surface area (Å²) in [6, 6.07) is 9.26. The minimum Gasteiger partial charge on any atom is -0.340 e. The monoisotopic (exact) mass is 491 g/mol. The molecule has 3 heteroatoms. The summed E-state index contributed by atoms with van der Waals surface area (Å²) >= 11 is 7.45. The summed E-state index contributed by atoms with van der Waals surface area (Å²) in [6.45, 7) is 12.5. The highest BCUT2D eigenvalue weighted by atomic mass is 79.9. The summed E-state index contributed by atoms with van der Waals surface area (Å²) in [4.78, 5) is 0. The molecular weight excluding hydrogens is 462 g/mol. The van der Waals surface area contributed by atoms with Gasteiger partial charge in [0.05, 0.1) is 0 Å². The van der Waals surface area contributed by atoms with Gasteiger partial charge in [-0.05, 0) is 67.5 Å². The van der Waals surface area contributed by atoms with Crippen LogP contribution in [0.5, 0.6) is 0 Å². The Kier molecular flexibility index (Phi) is 6.74. The van der Waals surface area contributed by atoms with Gasteiger partial charge in [-0.15, -0.1) is 0 Å². The zero-order valence-electron chi connectivity index (χ0n) is 17.2. The minimum absolute atomic E-state index is 0.768. The predicted molar refractivity (Wildman–Crippen MR) is 127 cm³/mol. The van der Waals surface area contributed by atoms with Crippen molar-refractivity contribution < 1.29 is 0 Å². The normalized spacial score (nSPS) is 13.2. The molecule has 0 bridgehead atoms. The fraction of sp³-hybridized carbons (Fsp3) is 0.500. The molecule has 0 aliphatic rings. The molecule has 0 saturated heterocycles. The van der Waals surface area contributed by atoms with Crippen LogP contribution in [0.1, 0.15) is 57.6 Å². The van der Waals surface area contributed by atoms with Crippen LogP contribution in [0.15, 0.2) is 33.2 Å². The van der Waals surface area contributed by atoms with Crippen molar-refractivity contribution in [3.8, 4) is 0 Å². The van der Waals surface area contributed by atoms with E-state index in [0.29, 0.717) is 0 Å². The Morgan fingerprint density at radius 2 is 1.30 bits per heavy atom. The standard InChI is InChI=1S/C24H31Br2N/c1-15(2)7-6-8-16(3)9-10-27-23-11-17(4)21(25)13-19(23)20-14-22(26)18(5)12-24(20)27/h11-16H,6-10H2,1-5H3. The molecule has 3 rings (SSSR count). The summed E-state index contributed by atoms with van der Waals surface area (Å²) in [6.07, 6.45) is 5.27. The van der Waals surface area contributed by atoms with Gasteiger partial charge in [0.15, 0.2) is 0 Å². The van der Waals surface area contributed by atoms with E-state index in [1.54, 1.807) is 0 Å². The highest BCUT2D eigenvalue weighted by Gasteiger charge is 2.15.